The fourth-order valence-electron chi connectivity index (χ4n) is 1.50. The van der Waals surface area contributed by atoms with Crippen molar-refractivity contribution >= 4 is 17.7 Å². The van der Waals surface area contributed by atoms with E-state index < -0.39 is 30.8 Å². The van der Waals surface area contributed by atoms with Crippen LogP contribution in [-0.4, -0.2) is 35.2 Å². The first-order chi connectivity index (χ1) is 9.31. The van der Waals surface area contributed by atoms with Gasteiger partial charge < -0.3 is 10.4 Å². The molecule has 7 heteroatoms. The lowest BCUT2D eigenvalue weighted by atomic mass is 10.1. The molecule has 0 saturated carbocycles. The molecule has 0 fully saturated rings. The molecule has 1 amide bonds. The number of alkyl halides is 2. The number of hydrogen-bond acceptors (Lipinski definition) is 3. The highest BCUT2D eigenvalue weighted by Crippen LogP contribution is 2.08. The van der Waals surface area contributed by atoms with E-state index in [1.807, 2.05) is 5.32 Å². The molecule has 1 aromatic rings. The van der Waals surface area contributed by atoms with Crippen LogP contribution < -0.4 is 5.32 Å². The van der Waals surface area contributed by atoms with Gasteiger partial charge in [0.2, 0.25) is 6.43 Å². The molecule has 0 heterocycles. The number of carbonyl (C=O) groups excluding carboxylic acids is 2. The molecule has 2 N–H and O–H groups in total. The van der Waals surface area contributed by atoms with Gasteiger partial charge in [-0.2, -0.15) is 0 Å². The summed E-state index contributed by atoms with van der Waals surface area (Å²) in [6.07, 6.45) is -3.80. The van der Waals surface area contributed by atoms with E-state index in [2.05, 4.69) is 0 Å². The van der Waals surface area contributed by atoms with Gasteiger partial charge in [0.25, 0.3) is 5.91 Å². The first-order valence-electron chi connectivity index (χ1n) is 5.74. The molecule has 0 aliphatic heterocycles. The zero-order chi connectivity index (χ0) is 15.3. The highest BCUT2D eigenvalue weighted by atomic mass is 19.3. The Kier molecular flexibility index (Phi) is 5.31. The van der Waals surface area contributed by atoms with E-state index in [9.17, 15) is 23.2 Å². The third-order valence-electron chi connectivity index (χ3n) is 2.57. The number of hydrogen-bond donors (Lipinski definition) is 2. The number of rotatable bonds is 6. The van der Waals surface area contributed by atoms with E-state index in [-0.39, 0.29) is 11.3 Å². The van der Waals surface area contributed by atoms with Gasteiger partial charge in [0.1, 0.15) is 6.04 Å². The number of halogens is 2. The molecule has 1 unspecified atom stereocenters. The van der Waals surface area contributed by atoms with Crippen LogP contribution in [0.3, 0.4) is 0 Å². The van der Waals surface area contributed by atoms with Crippen molar-refractivity contribution in [3.8, 4) is 0 Å². The third-order valence-corrected chi connectivity index (χ3v) is 2.57. The predicted molar refractivity (Wildman–Crippen MR) is 66.0 cm³/mol. The molecule has 0 saturated heterocycles. The van der Waals surface area contributed by atoms with Gasteiger partial charge >= 0.3 is 5.97 Å². The average Bonchev–Trinajstić information content (AvgIpc) is 2.37. The minimum absolute atomic E-state index is 0.0931. The molecule has 1 rings (SSSR count). The van der Waals surface area contributed by atoms with Gasteiger partial charge in [-0.15, -0.1) is 0 Å². The van der Waals surface area contributed by atoms with E-state index in [0.29, 0.717) is 5.56 Å². The Hall–Kier alpha value is -2.31. The first-order valence-corrected chi connectivity index (χ1v) is 5.74. The molecular formula is C13H13F2NO4. The second kappa shape index (κ2) is 6.74. The van der Waals surface area contributed by atoms with E-state index in [1.54, 1.807) is 0 Å². The summed E-state index contributed by atoms with van der Waals surface area (Å²) in [4.78, 5) is 33.5. The normalized spacial score (nSPS) is 12.0. The standard InChI is InChI=1S/C13H13F2NO4/c1-7(17)8-2-4-9(5-3-8)12(18)16-10(13(19)20)6-11(14)15/h2-5,10-11H,6H2,1H3,(H,16,18)(H,19,20). The second-order valence-corrected chi connectivity index (χ2v) is 4.12. The highest BCUT2D eigenvalue weighted by Gasteiger charge is 2.24. The molecule has 0 aromatic heterocycles. The van der Waals surface area contributed by atoms with Gasteiger partial charge in [0.15, 0.2) is 5.78 Å². The van der Waals surface area contributed by atoms with Crippen LogP contribution in [0, 0.1) is 0 Å². The molecule has 0 aliphatic carbocycles. The van der Waals surface area contributed by atoms with Crippen LogP contribution in [0.25, 0.3) is 0 Å². The van der Waals surface area contributed by atoms with Crippen molar-refractivity contribution in [2.75, 3.05) is 0 Å². The number of aliphatic carboxylic acids is 1. The largest absolute Gasteiger partial charge is 0.480 e. The minimum atomic E-state index is -2.84. The van der Waals surface area contributed by atoms with Crippen molar-refractivity contribution in [3.63, 3.8) is 0 Å². The molecule has 1 atom stereocenters. The Balaban J connectivity index is 2.78. The maximum atomic E-state index is 12.2. The maximum absolute atomic E-state index is 12.2. The molecule has 5 nitrogen and oxygen atoms in total. The molecule has 0 spiro atoms. The number of carboxylic acid groups (broad SMARTS) is 1. The number of amides is 1. The highest BCUT2D eigenvalue weighted by molar-refractivity contribution is 5.98. The Labute approximate surface area is 113 Å². The predicted octanol–water partition coefficient (Wildman–Crippen LogP) is 1.73. The van der Waals surface area contributed by atoms with Crippen LogP contribution in [0.4, 0.5) is 8.78 Å². The van der Waals surface area contributed by atoms with E-state index in [1.165, 1.54) is 31.2 Å². The van der Waals surface area contributed by atoms with Gasteiger partial charge in [-0.25, -0.2) is 13.6 Å². The molecule has 108 valence electrons. The van der Waals surface area contributed by atoms with Crippen LogP contribution in [0.15, 0.2) is 24.3 Å². The Morgan fingerprint density at radius 2 is 1.65 bits per heavy atom. The smallest absolute Gasteiger partial charge is 0.326 e. The summed E-state index contributed by atoms with van der Waals surface area (Å²) in [5, 5.41) is 10.8. The van der Waals surface area contributed by atoms with E-state index >= 15 is 0 Å². The van der Waals surface area contributed by atoms with Crippen LogP contribution >= 0.6 is 0 Å². The molecule has 0 bridgehead atoms. The van der Waals surface area contributed by atoms with Gasteiger partial charge in [0.05, 0.1) is 0 Å². The van der Waals surface area contributed by atoms with Gasteiger partial charge in [0, 0.05) is 17.5 Å². The van der Waals surface area contributed by atoms with Gasteiger partial charge in [-0.1, -0.05) is 12.1 Å². The Morgan fingerprint density at radius 3 is 2.05 bits per heavy atom. The number of carbonyl (C=O) groups is 3. The molecule has 0 aliphatic rings. The molecule has 1 aromatic carbocycles. The zero-order valence-electron chi connectivity index (χ0n) is 10.6. The summed E-state index contributed by atoms with van der Waals surface area (Å²) in [6, 6.07) is 3.80. The number of ketones is 1. The Bertz CT molecular complexity index is 514. The topological polar surface area (TPSA) is 83.5 Å². The minimum Gasteiger partial charge on any atom is -0.480 e. The van der Waals surface area contributed by atoms with Crippen molar-refractivity contribution in [1.29, 1.82) is 0 Å². The number of Topliss-reactive ketones (excluding diaryl/α,β-unsaturated/α-hetero) is 1. The molecular weight excluding hydrogens is 272 g/mol. The van der Waals surface area contributed by atoms with Crippen molar-refractivity contribution in [3.05, 3.63) is 35.4 Å². The molecule has 0 radical (unpaired) electrons. The summed E-state index contributed by atoms with van der Waals surface area (Å²) in [5.74, 6) is -2.50. The lowest BCUT2D eigenvalue weighted by Crippen LogP contribution is -2.42. The van der Waals surface area contributed by atoms with Gasteiger partial charge in [-0.05, 0) is 19.1 Å². The fourth-order valence-corrected chi connectivity index (χ4v) is 1.50. The first kappa shape index (κ1) is 15.7. The summed E-state index contributed by atoms with van der Waals surface area (Å²) < 4.78 is 24.4. The van der Waals surface area contributed by atoms with Gasteiger partial charge in [-0.3, -0.25) is 9.59 Å². The third kappa shape index (κ3) is 4.42. The Morgan fingerprint density at radius 1 is 1.15 bits per heavy atom. The van der Waals surface area contributed by atoms with Crippen molar-refractivity contribution in [1.82, 2.24) is 5.32 Å². The van der Waals surface area contributed by atoms with Crippen LogP contribution in [0.2, 0.25) is 0 Å². The van der Waals surface area contributed by atoms with Crippen molar-refractivity contribution in [2.45, 2.75) is 25.8 Å². The SMILES string of the molecule is CC(=O)c1ccc(C(=O)NC(CC(F)F)C(=O)O)cc1. The lowest BCUT2D eigenvalue weighted by molar-refractivity contribution is -0.140. The average molecular weight is 285 g/mol. The number of carboxylic acids is 1. The van der Waals surface area contributed by atoms with Crippen molar-refractivity contribution < 1.29 is 28.3 Å². The summed E-state index contributed by atoms with van der Waals surface area (Å²) in [7, 11) is 0. The maximum Gasteiger partial charge on any atom is 0.326 e. The second-order valence-electron chi connectivity index (χ2n) is 4.12. The van der Waals surface area contributed by atoms with Crippen molar-refractivity contribution in [2.24, 2.45) is 0 Å². The van der Waals surface area contributed by atoms with E-state index in [0.717, 1.165) is 0 Å². The van der Waals surface area contributed by atoms with Crippen LogP contribution in [-0.2, 0) is 4.79 Å². The van der Waals surface area contributed by atoms with Crippen LogP contribution in [0.1, 0.15) is 34.1 Å². The molecule has 20 heavy (non-hydrogen) atoms. The quantitative estimate of drug-likeness (QED) is 0.780. The van der Waals surface area contributed by atoms with E-state index in [4.69, 9.17) is 5.11 Å². The number of nitrogens with one attached hydrogen (secondary N) is 1. The van der Waals surface area contributed by atoms with Crippen LogP contribution in [0.5, 0.6) is 0 Å². The monoisotopic (exact) mass is 285 g/mol. The summed E-state index contributed by atoms with van der Waals surface area (Å²) >= 11 is 0. The zero-order valence-corrected chi connectivity index (χ0v) is 10.6. The summed E-state index contributed by atoms with van der Waals surface area (Å²) in [6.45, 7) is 1.36. The lowest BCUT2D eigenvalue weighted by Gasteiger charge is -2.14. The number of benzene rings is 1. The summed E-state index contributed by atoms with van der Waals surface area (Å²) in [5.41, 5.74) is 0.486. The fraction of sp³-hybridized carbons (Fsp3) is 0.308.